The first-order chi connectivity index (χ1) is 9.15. The van der Waals surface area contributed by atoms with Crippen LogP contribution in [0.1, 0.15) is 32.3 Å². The van der Waals surface area contributed by atoms with Crippen molar-refractivity contribution in [2.24, 2.45) is 0 Å². The van der Waals surface area contributed by atoms with Crippen LogP contribution in [-0.2, 0) is 16.1 Å². The van der Waals surface area contributed by atoms with Crippen molar-refractivity contribution < 1.29 is 14.6 Å². The standard InChI is InChI=1S/C15H23NO3/c1-3-15(4-2,12-17)16-14(18)11-19-10-13-8-6-5-7-9-13/h5-9,17H,3-4,10-12H2,1-2H3,(H,16,18). The summed E-state index contributed by atoms with van der Waals surface area (Å²) in [5.41, 5.74) is 0.516. The fraction of sp³-hybridized carbons (Fsp3) is 0.533. The van der Waals surface area contributed by atoms with Crippen LogP contribution in [0.5, 0.6) is 0 Å². The minimum absolute atomic E-state index is 0.0106. The molecule has 0 aromatic heterocycles. The van der Waals surface area contributed by atoms with Crippen LogP contribution in [0.2, 0.25) is 0 Å². The van der Waals surface area contributed by atoms with Crippen LogP contribution >= 0.6 is 0 Å². The quantitative estimate of drug-likeness (QED) is 0.754. The lowest BCUT2D eigenvalue weighted by Crippen LogP contribution is -2.51. The van der Waals surface area contributed by atoms with Gasteiger partial charge in [-0.3, -0.25) is 4.79 Å². The molecule has 1 amide bonds. The number of hydrogen-bond donors (Lipinski definition) is 2. The molecule has 0 unspecified atom stereocenters. The van der Waals surface area contributed by atoms with Gasteiger partial charge in [-0.05, 0) is 18.4 Å². The molecular weight excluding hydrogens is 242 g/mol. The third kappa shape index (κ3) is 5.01. The summed E-state index contributed by atoms with van der Waals surface area (Å²) in [5, 5.41) is 12.2. The van der Waals surface area contributed by atoms with Gasteiger partial charge < -0.3 is 15.2 Å². The van der Waals surface area contributed by atoms with Crippen LogP contribution in [-0.4, -0.2) is 29.8 Å². The van der Waals surface area contributed by atoms with E-state index in [1.807, 2.05) is 44.2 Å². The Hall–Kier alpha value is -1.39. The fourth-order valence-corrected chi connectivity index (χ4v) is 1.86. The highest BCUT2D eigenvalue weighted by Gasteiger charge is 2.26. The minimum Gasteiger partial charge on any atom is -0.394 e. The zero-order valence-electron chi connectivity index (χ0n) is 11.7. The first-order valence-electron chi connectivity index (χ1n) is 6.69. The van der Waals surface area contributed by atoms with Crippen molar-refractivity contribution in [2.75, 3.05) is 13.2 Å². The summed E-state index contributed by atoms with van der Waals surface area (Å²) >= 11 is 0. The van der Waals surface area contributed by atoms with Crippen LogP contribution in [0.15, 0.2) is 30.3 Å². The molecule has 106 valence electrons. The largest absolute Gasteiger partial charge is 0.394 e. The lowest BCUT2D eigenvalue weighted by molar-refractivity contribution is -0.128. The first kappa shape index (κ1) is 15.7. The van der Waals surface area contributed by atoms with Crippen LogP contribution < -0.4 is 5.32 Å². The van der Waals surface area contributed by atoms with Gasteiger partial charge in [0.25, 0.3) is 0 Å². The third-order valence-electron chi connectivity index (χ3n) is 3.41. The zero-order valence-corrected chi connectivity index (χ0v) is 11.7. The van der Waals surface area contributed by atoms with E-state index in [4.69, 9.17) is 4.74 Å². The summed E-state index contributed by atoms with van der Waals surface area (Å²) < 4.78 is 5.37. The molecule has 0 radical (unpaired) electrons. The highest BCUT2D eigenvalue weighted by molar-refractivity contribution is 5.78. The van der Waals surface area contributed by atoms with Gasteiger partial charge in [-0.15, -0.1) is 0 Å². The Labute approximate surface area is 114 Å². The maximum Gasteiger partial charge on any atom is 0.246 e. The lowest BCUT2D eigenvalue weighted by Gasteiger charge is -2.30. The van der Waals surface area contributed by atoms with E-state index in [1.165, 1.54) is 0 Å². The van der Waals surface area contributed by atoms with E-state index in [0.717, 1.165) is 5.56 Å². The van der Waals surface area contributed by atoms with Gasteiger partial charge in [0.15, 0.2) is 0 Å². The summed E-state index contributed by atoms with van der Waals surface area (Å²) in [6.45, 7) is 4.27. The average Bonchev–Trinajstić information content (AvgIpc) is 2.46. The molecule has 1 aromatic carbocycles. The molecule has 0 aliphatic rings. The summed E-state index contributed by atoms with van der Waals surface area (Å²) in [7, 11) is 0. The van der Waals surface area contributed by atoms with Gasteiger partial charge in [0.1, 0.15) is 6.61 Å². The Kier molecular flexibility index (Phi) is 6.53. The normalized spacial score (nSPS) is 11.3. The van der Waals surface area contributed by atoms with Crippen LogP contribution in [0.3, 0.4) is 0 Å². The fourth-order valence-electron chi connectivity index (χ4n) is 1.86. The van der Waals surface area contributed by atoms with E-state index in [2.05, 4.69) is 5.32 Å². The SMILES string of the molecule is CCC(CC)(CO)NC(=O)COCc1ccccc1. The number of carbonyl (C=O) groups excluding carboxylic acids is 1. The zero-order chi connectivity index (χ0) is 14.1. The van der Waals surface area contributed by atoms with Gasteiger partial charge in [0.05, 0.1) is 18.8 Å². The van der Waals surface area contributed by atoms with Gasteiger partial charge in [-0.2, -0.15) is 0 Å². The number of hydrogen-bond acceptors (Lipinski definition) is 3. The summed E-state index contributed by atoms with van der Waals surface area (Å²) in [4.78, 5) is 11.8. The van der Waals surface area contributed by atoms with E-state index in [9.17, 15) is 9.90 Å². The second-order valence-corrected chi connectivity index (χ2v) is 4.67. The number of nitrogens with one attached hydrogen (secondary N) is 1. The van der Waals surface area contributed by atoms with E-state index < -0.39 is 5.54 Å². The van der Waals surface area contributed by atoms with E-state index in [1.54, 1.807) is 0 Å². The van der Waals surface area contributed by atoms with Crippen LogP contribution in [0, 0.1) is 0 Å². The molecule has 0 atom stereocenters. The van der Waals surface area contributed by atoms with E-state index in [-0.39, 0.29) is 19.1 Å². The molecule has 0 fully saturated rings. The Morgan fingerprint density at radius 3 is 2.42 bits per heavy atom. The van der Waals surface area contributed by atoms with Crippen molar-refractivity contribution in [3.8, 4) is 0 Å². The molecule has 1 aromatic rings. The van der Waals surface area contributed by atoms with Crippen LogP contribution in [0.25, 0.3) is 0 Å². The molecule has 19 heavy (non-hydrogen) atoms. The highest BCUT2D eigenvalue weighted by Crippen LogP contribution is 2.13. The molecule has 0 bridgehead atoms. The number of benzene rings is 1. The van der Waals surface area contributed by atoms with Crippen molar-refractivity contribution in [3.05, 3.63) is 35.9 Å². The second-order valence-electron chi connectivity index (χ2n) is 4.67. The molecule has 0 aliphatic heterocycles. The maximum absolute atomic E-state index is 11.8. The van der Waals surface area contributed by atoms with Crippen molar-refractivity contribution in [1.29, 1.82) is 0 Å². The minimum atomic E-state index is -0.521. The first-order valence-corrected chi connectivity index (χ1v) is 6.69. The van der Waals surface area contributed by atoms with Crippen LogP contribution in [0.4, 0.5) is 0 Å². The second kappa shape index (κ2) is 7.92. The molecule has 2 N–H and O–H groups in total. The predicted molar refractivity (Wildman–Crippen MR) is 74.6 cm³/mol. The summed E-state index contributed by atoms with van der Waals surface area (Å²) in [6, 6.07) is 9.71. The molecule has 1 rings (SSSR count). The molecular formula is C15H23NO3. The number of rotatable bonds is 8. The number of aliphatic hydroxyl groups excluding tert-OH is 1. The Bertz CT molecular complexity index is 366. The topological polar surface area (TPSA) is 58.6 Å². The van der Waals surface area contributed by atoms with Crippen molar-refractivity contribution in [1.82, 2.24) is 5.32 Å². The number of amides is 1. The molecule has 0 saturated carbocycles. The number of ether oxygens (including phenoxy) is 1. The average molecular weight is 265 g/mol. The van der Waals surface area contributed by atoms with Gasteiger partial charge in [0.2, 0.25) is 5.91 Å². The molecule has 4 heteroatoms. The molecule has 0 saturated heterocycles. The van der Waals surface area contributed by atoms with Crippen molar-refractivity contribution in [3.63, 3.8) is 0 Å². The Morgan fingerprint density at radius 1 is 1.26 bits per heavy atom. The van der Waals surface area contributed by atoms with Gasteiger partial charge in [0, 0.05) is 0 Å². The van der Waals surface area contributed by atoms with Crippen molar-refractivity contribution in [2.45, 2.75) is 38.8 Å². The molecule has 0 heterocycles. The Morgan fingerprint density at radius 2 is 1.89 bits per heavy atom. The number of aliphatic hydroxyl groups is 1. The van der Waals surface area contributed by atoms with Gasteiger partial charge >= 0.3 is 0 Å². The van der Waals surface area contributed by atoms with E-state index in [0.29, 0.717) is 19.4 Å². The summed E-state index contributed by atoms with van der Waals surface area (Å²) in [6.07, 6.45) is 1.40. The Balaban J connectivity index is 2.35. The van der Waals surface area contributed by atoms with Gasteiger partial charge in [-0.1, -0.05) is 44.2 Å². The number of carbonyl (C=O) groups is 1. The molecule has 4 nitrogen and oxygen atoms in total. The van der Waals surface area contributed by atoms with Crippen molar-refractivity contribution >= 4 is 5.91 Å². The third-order valence-corrected chi connectivity index (χ3v) is 3.41. The maximum atomic E-state index is 11.8. The summed E-state index contributed by atoms with van der Waals surface area (Å²) in [5.74, 6) is -0.186. The smallest absolute Gasteiger partial charge is 0.246 e. The lowest BCUT2D eigenvalue weighted by atomic mass is 9.94. The molecule has 0 aliphatic carbocycles. The highest BCUT2D eigenvalue weighted by atomic mass is 16.5. The van der Waals surface area contributed by atoms with Gasteiger partial charge in [-0.25, -0.2) is 0 Å². The van der Waals surface area contributed by atoms with E-state index >= 15 is 0 Å². The predicted octanol–water partition coefficient (Wildman–Crippen LogP) is 1.87. The monoisotopic (exact) mass is 265 g/mol. The molecule has 0 spiro atoms.